The highest BCUT2D eigenvalue weighted by Crippen LogP contribution is 2.47. The first-order valence-electron chi connectivity index (χ1n) is 32.8. The Morgan fingerprint density at radius 2 is 1.41 bits per heavy atom. The Hall–Kier alpha value is -11.1. The van der Waals surface area contributed by atoms with Crippen molar-refractivity contribution in [2.75, 3.05) is 67.6 Å². The minimum absolute atomic E-state index is 0.168. The highest BCUT2D eigenvalue weighted by atomic mass is 35.5. The predicted molar refractivity (Wildman–Crippen MR) is 383 cm³/mol. The summed E-state index contributed by atoms with van der Waals surface area (Å²) >= 11 is 6.05. The molecule has 21 heteroatoms. The molecule has 15 rings (SSSR count). The molecule has 3 amide bonds. The van der Waals surface area contributed by atoms with Gasteiger partial charge in [-0.1, -0.05) is 105 Å². The van der Waals surface area contributed by atoms with E-state index in [1.807, 2.05) is 73.7 Å². The van der Waals surface area contributed by atoms with Crippen molar-refractivity contribution in [3.05, 3.63) is 248 Å². The summed E-state index contributed by atoms with van der Waals surface area (Å²) in [5.41, 5.74) is 20.5. The van der Waals surface area contributed by atoms with Crippen LogP contribution in [0.4, 0.5) is 42.0 Å². The van der Waals surface area contributed by atoms with E-state index in [9.17, 15) is 33.1 Å². The average molecular weight is 1360 g/mol. The zero-order valence-electron chi connectivity index (χ0n) is 54.7. The van der Waals surface area contributed by atoms with E-state index in [0.717, 1.165) is 99.6 Å². The third-order valence-corrected chi connectivity index (χ3v) is 18.1. The van der Waals surface area contributed by atoms with Gasteiger partial charge in [0.1, 0.15) is 42.1 Å². The number of hydrogen-bond acceptors (Lipinski definition) is 13. The number of fused-ring (bicyclic) bond motifs is 6. The lowest BCUT2D eigenvalue weighted by Gasteiger charge is -2.26. The highest BCUT2D eigenvalue weighted by Gasteiger charge is 2.38. The normalized spacial score (nSPS) is 17.3. The molecule has 9 aromatic rings. The number of carbonyl (C=O) groups excluding carboxylic acids is 3. The summed E-state index contributed by atoms with van der Waals surface area (Å²) < 4.78 is 48.5. The predicted octanol–water partition coefficient (Wildman–Crippen LogP) is 15.7. The minimum atomic E-state index is -1.49. The van der Waals surface area contributed by atoms with Crippen molar-refractivity contribution < 1.29 is 57.1 Å². The van der Waals surface area contributed by atoms with E-state index < -0.39 is 24.2 Å². The number of nitrogens with one attached hydrogen (secondary N) is 4. The summed E-state index contributed by atoms with van der Waals surface area (Å²) in [6.45, 7) is 14.0. The fourth-order valence-electron chi connectivity index (χ4n) is 12.7. The van der Waals surface area contributed by atoms with Gasteiger partial charge in [0.25, 0.3) is 24.0 Å². The van der Waals surface area contributed by atoms with Gasteiger partial charge in [0.2, 0.25) is 0 Å². The Morgan fingerprint density at radius 3 is 2.15 bits per heavy atom. The molecule has 1 saturated heterocycles. The number of aromatic hydroxyl groups is 1. The number of aliphatic imine (C=N–C) groups is 1. The number of ether oxygens (including phenoxy) is 4. The number of amides is 3. The molecule has 1 unspecified atom stereocenters. The highest BCUT2D eigenvalue weighted by molar-refractivity contribution is 6.38. The summed E-state index contributed by atoms with van der Waals surface area (Å²) in [6.07, 6.45) is 6.78. The number of halogens is 3. The van der Waals surface area contributed by atoms with Crippen molar-refractivity contribution in [1.29, 1.82) is 0 Å². The number of likely N-dealkylation sites (N-methyl/N-ethyl adjacent to an activating group) is 1. The molecular weight excluding hydrogens is 1280 g/mol. The van der Waals surface area contributed by atoms with E-state index in [0.29, 0.717) is 75.3 Å². The fourth-order valence-corrected chi connectivity index (χ4v) is 12.9. The zero-order valence-corrected chi connectivity index (χ0v) is 55.5. The van der Waals surface area contributed by atoms with E-state index in [4.69, 9.17) is 41.4 Å². The van der Waals surface area contributed by atoms with Crippen molar-refractivity contribution >= 4 is 109 Å². The van der Waals surface area contributed by atoms with Crippen LogP contribution in [0.25, 0.3) is 39.1 Å². The number of carboxylic acid groups (broad SMARTS) is 1. The van der Waals surface area contributed by atoms with E-state index in [1.165, 1.54) is 68.2 Å². The van der Waals surface area contributed by atoms with Gasteiger partial charge >= 0.3 is 6.16 Å². The number of rotatable bonds is 14. The monoisotopic (exact) mass is 1350 g/mol. The SMILES string of the molecule is CCN(CC)CCOc1ccc(CC=C2C(=O)Nc3cc(F)ccc32)cc1.Cc1cccc2[nH]c(O)c(C=Nc3ccc(CCN4CCCCC4)cc3)c12.Nc1ccc2c(c1)/C(=C1\C(=O)Nc3ccc(Cl)cc31)OC2.O=C(O)OC1O/C(=C2/C(=O)Nc3cc(F)ccc32)c2ccccc21. The first-order valence-corrected chi connectivity index (χ1v) is 33.2. The number of nitrogens with two attached hydrogens (primary N) is 1. The first kappa shape index (κ1) is 67.9. The Kier molecular flexibility index (Phi) is 21.0. The van der Waals surface area contributed by atoms with Crippen LogP contribution in [-0.4, -0.2) is 101 Å². The van der Waals surface area contributed by atoms with Gasteiger partial charge in [-0.2, -0.15) is 0 Å². The van der Waals surface area contributed by atoms with Crippen LogP contribution < -0.4 is 26.4 Å². The number of carbonyl (C=O) groups is 4. The number of H-pyrrole nitrogens is 1. The van der Waals surface area contributed by atoms with Crippen molar-refractivity contribution in [1.82, 2.24) is 14.8 Å². The molecule has 506 valence electrons. The molecule has 0 bridgehead atoms. The van der Waals surface area contributed by atoms with Crippen LogP contribution in [0.15, 0.2) is 175 Å². The Balaban J connectivity index is 0.000000126. The van der Waals surface area contributed by atoms with Crippen LogP contribution in [0.5, 0.6) is 11.6 Å². The van der Waals surface area contributed by atoms with Gasteiger partial charge in [0.15, 0.2) is 5.88 Å². The maximum atomic E-state index is 13.4. The molecule has 6 aliphatic rings. The summed E-state index contributed by atoms with van der Waals surface area (Å²) in [7, 11) is 0. The fraction of sp³-hybridized carbons (Fsp3) is 0.218. The summed E-state index contributed by atoms with van der Waals surface area (Å²) in [6, 6.07) is 48.3. The number of anilines is 4. The molecule has 18 nitrogen and oxygen atoms in total. The summed E-state index contributed by atoms with van der Waals surface area (Å²) in [5.74, 6) is 0.141. The van der Waals surface area contributed by atoms with Gasteiger partial charge in [-0.25, -0.2) is 13.6 Å². The topological polar surface area (TPSA) is 242 Å². The van der Waals surface area contributed by atoms with E-state index in [2.05, 4.69) is 73.8 Å². The quantitative estimate of drug-likeness (QED) is 0.0232. The number of benzene rings is 8. The number of likely N-dealkylation sites (tertiary alicyclic amines) is 1. The smallest absolute Gasteiger partial charge is 0.494 e. The van der Waals surface area contributed by atoms with Crippen molar-refractivity contribution in [3.8, 4) is 11.6 Å². The van der Waals surface area contributed by atoms with Crippen molar-refractivity contribution in [2.24, 2.45) is 4.99 Å². The number of allylic oxidation sites excluding steroid dienone is 1. The second-order valence-corrected chi connectivity index (χ2v) is 24.7. The molecule has 8 aromatic carbocycles. The van der Waals surface area contributed by atoms with Crippen LogP contribution in [0.2, 0.25) is 5.02 Å². The number of hydrogen-bond donors (Lipinski definition) is 7. The van der Waals surface area contributed by atoms with E-state index in [-0.39, 0.29) is 34.8 Å². The summed E-state index contributed by atoms with van der Waals surface area (Å²) in [5, 5.41) is 28.8. The Labute approximate surface area is 576 Å². The molecule has 0 aliphatic carbocycles. The lowest BCUT2D eigenvalue weighted by molar-refractivity contribution is -0.111. The maximum absolute atomic E-state index is 13.4. The lowest BCUT2D eigenvalue weighted by Crippen LogP contribution is -2.31. The van der Waals surface area contributed by atoms with Crippen molar-refractivity contribution in [2.45, 2.75) is 65.8 Å². The molecule has 99 heavy (non-hydrogen) atoms. The van der Waals surface area contributed by atoms with Gasteiger partial charge in [-0.15, -0.1) is 0 Å². The summed E-state index contributed by atoms with van der Waals surface area (Å²) in [4.78, 5) is 60.1. The van der Waals surface area contributed by atoms with Crippen LogP contribution >= 0.6 is 11.6 Å². The Bertz CT molecular complexity index is 4690. The van der Waals surface area contributed by atoms with Crippen LogP contribution in [0, 0.1) is 18.6 Å². The molecule has 0 radical (unpaired) electrons. The zero-order chi connectivity index (χ0) is 69.3. The number of nitrogens with zero attached hydrogens (tertiary/aromatic N) is 3. The minimum Gasteiger partial charge on any atom is -0.494 e. The van der Waals surface area contributed by atoms with Gasteiger partial charge in [-0.05, 0) is 173 Å². The lowest BCUT2D eigenvalue weighted by atomic mass is 10.0. The standard InChI is InChI=1S/C23H27N3O.C22H25FN2O2.C17H10FNO5.C16H11ClN2O2/c1-17-6-5-7-21-22(17)20(23(27)25-21)16-24-19-10-8-18(9-11-19)12-15-26-13-3-2-4-14-26;1-3-25(4-2)13-14-27-18-9-5-16(6-10-18)7-11-20-19-12-8-17(23)15-21(19)24-22(20)26;18-8-5-6-11-12(7-8)19-15(20)13(11)14-9-3-1-2-4-10(9)16(23-14)24-17(21)22;17-9-2-4-13-12(5-9)14(16(20)19-13)15-11-6-10(18)3-1-8(11)7-21-15/h5-11,16,25,27H,2-4,12-15H2,1H3;5-6,8-12,15H,3-4,7,13-14H2,1-2H3,(H,24,26);1-7,16H,(H,19,20)(H,21,22);1-6H,7,18H2,(H,19,20)/b;;14-13+;15-14+. The molecule has 1 aromatic heterocycles. The second kappa shape index (κ2) is 30.6. The molecule has 7 heterocycles. The first-order chi connectivity index (χ1) is 48.0. The van der Waals surface area contributed by atoms with Gasteiger partial charge in [0.05, 0.1) is 33.8 Å². The molecule has 1 atom stereocenters. The van der Waals surface area contributed by atoms with Crippen LogP contribution in [-0.2, 0) is 48.0 Å². The van der Waals surface area contributed by atoms with Crippen LogP contribution in [0.3, 0.4) is 0 Å². The molecule has 6 aliphatic heterocycles. The number of piperidine rings is 1. The van der Waals surface area contributed by atoms with Gasteiger partial charge < -0.3 is 65.6 Å². The third-order valence-electron chi connectivity index (χ3n) is 17.8. The van der Waals surface area contributed by atoms with Gasteiger partial charge in [-0.3, -0.25) is 19.4 Å². The number of aromatic nitrogens is 1. The molecule has 0 spiro atoms. The van der Waals surface area contributed by atoms with E-state index in [1.54, 1.807) is 54.7 Å². The number of aromatic amines is 1. The average Bonchev–Trinajstić information content (AvgIpc) is 1.62. The van der Waals surface area contributed by atoms with Crippen molar-refractivity contribution in [3.63, 3.8) is 0 Å². The maximum Gasteiger partial charge on any atom is 0.509 e. The molecule has 0 saturated carbocycles. The molecule has 1 fully saturated rings. The van der Waals surface area contributed by atoms with Gasteiger partial charge in [0, 0.05) is 91.1 Å². The van der Waals surface area contributed by atoms with E-state index >= 15 is 0 Å². The largest absolute Gasteiger partial charge is 0.509 e. The molecular formula is C78H73ClF2N8O10. The third kappa shape index (κ3) is 15.7. The Morgan fingerprint density at radius 1 is 0.727 bits per heavy atom. The number of nitrogen functional groups attached to an aromatic ring is 1. The second-order valence-electron chi connectivity index (χ2n) is 24.3. The number of aryl methyl sites for hydroxylation is 1. The molecule has 8 N–H and O–H groups in total. The van der Waals surface area contributed by atoms with Crippen LogP contribution in [0.1, 0.15) is 101 Å².